The highest BCUT2D eigenvalue weighted by Gasteiger charge is 2.33. The normalized spacial score (nSPS) is 28.5. The monoisotopic (exact) mass is 234 g/mol. The molecule has 2 rings (SSSR count). The van der Waals surface area contributed by atoms with Gasteiger partial charge in [0.15, 0.2) is 0 Å². The van der Waals surface area contributed by atoms with E-state index in [1.54, 1.807) is 0 Å². The second-order valence-electron chi connectivity index (χ2n) is 5.11. The van der Waals surface area contributed by atoms with Gasteiger partial charge in [-0.05, 0) is 31.7 Å². The van der Waals surface area contributed by atoms with Gasteiger partial charge in [-0.3, -0.25) is 0 Å². The number of aliphatic hydroxyl groups is 1. The zero-order valence-electron chi connectivity index (χ0n) is 10.7. The number of rotatable bonds is 3. The van der Waals surface area contributed by atoms with Crippen molar-refractivity contribution >= 4 is 5.70 Å². The van der Waals surface area contributed by atoms with Gasteiger partial charge >= 0.3 is 0 Å². The molecule has 0 saturated heterocycles. The van der Waals surface area contributed by atoms with Crippen LogP contribution in [-0.4, -0.2) is 15.8 Å². The summed E-state index contributed by atoms with van der Waals surface area (Å²) in [5.74, 6) is 0.436. The maximum atomic E-state index is 9.97. The molecule has 1 aromatic heterocycles. The maximum absolute atomic E-state index is 9.97. The fraction of sp³-hybridized carbons (Fsp3) is 0.571. The lowest BCUT2D eigenvalue weighted by Gasteiger charge is -2.15. The first-order valence-corrected chi connectivity index (χ1v) is 6.34. The Kier molecular flexibility index (Phi) is 3.29. The van der Waals surface area contributed by atoms with E-state index < -0.39 is 0 Å². The fourth-order valence-corrected chi connectivity index (χ4v) is 3.00. The van der Waals surface area contributed by atoms with E-state index in [0.29, 0.717) is 17.7 Å². The number of aromatic nitrogens is 1. The van der Waals surface area contributed by atoms with Crippen LogP contribution < -0.4 is 5.73 Å². The lowest BCUT2D eigenvalue weighted by molar-refractivity contribution is 0.129. The zero-order chi connectivity index (χ0) is 12.6. The molecule has 1 aliphatic rings. The van der Waals surface area contributed by atoms with Gasteiger partial charge in [-0.1, -0.05) is 19.9 Å². The first kappa shape index (κ1) is 12.2. The second kappa shape index (κ2) is 4.57. The molecule has 1 fully saturated rings. The SMILES string of the molecule is C=C(N)c1ccn([C@@H]2C[C@H](CC)[C@@H](O)C2)c1C. The standard InChI is InChI=1S/C14H22N2O/c1-4-11-7-12(8-14(11)17)16-6-5-13(9(2)15)10(16)3/h5-6,11-12,14,17H,2,4,7-8,15H2,1,3H3/t11-,12+,14-/m0/s1. The van der Waals surface area contributed by atoms with Crippen molar-refractivity contribution in [2.75, 3.05) is 0 Å². The summed E-state index contributed by atoms with van der Waals surface area (Å²) in [4.78, 5) is 0. The van der Waals surface area contributed by atoms with Crippen molar-refractivity contribution in [2.24, 2.45) is 11.7 Å². The van der Waals surface area contributed by atoms with E-state index in [2.05, 4.69) is 31.2 Å². The summed E-state index contributed by atoms with van der Waals surface area (Å²) in [5.41, 5.74) is 8.55. The molecule has 1 aromatic rings. The minimum Gasteiger partial charge on any atom is -0.399 e. The molecular weight excluding hydrogens is 212 g/mol. The van der Waals surface area contributed by atoms with Crippen LogP contribution in [0.25, 0.3) is 5.70 Å². The van der Waals surface area contributed by atoms with Crippen molar-refractivity contribution in [3.8, 4) is 0 Å². The van der Waals surface area contributed by atoms with Gasteiger partial charge in [0.25, 0.3) is 0 Å². The number of aliphatic hydroxyl groups excluding tert-OH is 1. The topological polar surface area (TPSA) is 51.2 Å². The fourth-order valence-electron chi connectivity index (χ4n) is 3.00. The van der Waals surface area contributed by atoms with Crippen molar-refractivity contribution in [1.82, 2.24) is 4.57 Å². The van der Waals surface area contributed by atoms with Gasteiger partial charge in [-0.25, -0.2) is 0 Å². The van der Waals surface area contributed by atoms with Gasteiger partial charge in [-0.2, -0.15) is 0 Å². The van der Waals surface area contributed by atoms with Crippen LogP contribution in [-0.2, 0) is 0 Å². The highest BCUT2D eigenvalue weighted by Crippen LogP contribution is 2.38. The van der Waals surface area contributed by atoms with Crippen molar-refractivity contribution in [3.05, 3.63) is 30.1 Å². The highest BCUT2D eigenvalue weighted by atomic mass is 16.3. The smallest absolute Gasteiger partial charge is 0.0588 e. The van der Waals surface area contributed by atoms with Crippen LogP contribution in [0, 0.1) is 12.8 Å². The van der Waals surface area contributed by atoms with Crippen LogP contribution >= 0.6 is 0 Å². The Hall–Kier alpha value is -1.22. The van der Waals surface area contributed by atoms with E-state index >= 15 is 0 Å². The molecule has 3 atom stereocenters. The first-order chi connectivity index (χ1) is 8.04. The lowest BCUT2D eigenvalue weighted by Crippen LogP contribution is -2.11. The third-order valence-electron chi connectivity index (χ3n) is 4.08. The summed E-state index contributed by atoms with van der Waals surface area (Å²) < 4.78 is 2.24. The maximum Gasteiger partial charge on any atom is 0.0588 e. The molecule has 3 heteroatoms. The van der Waals surface area contributed by atoms with Gasteiger partial charge in [-0.15, -0.1) is 0 Å². The largest absolute Gasteiger partial charge is 0.399 e. The molecular formula is C14H22N2O. The van der Waals surface area contributed by atoms with E-state index in [1.807, 2.05) is 6.07 Å². The van der Waals surface area contributed by atoms with Crippen LogP contribution in [0.1, 0.15) is 43.5 Å². The molecule has 0 amide bonds. The molecule has 1 heterocycles. The van der Waals surface area contributed by atoms with Gasteiger partial charge in [0.05, 0.1) is 6.10 Å². The Labute approximate surface area is 103 Å². The quantitative estimate of drug-likeness (QED) is 0.844. The van der Waals surface area contributed by atoms with Gasteiger partial charge in [0, 0.05) is 29.2 Å². The van der Waals surface area contributed by atoms with Crippen LogP contribution in [0.3, 0.4) is 0 Å². The number of nitrogens with two attached hydrogens (primary N) is 1. The third-order valence-corrected chi connectivity index (χ3v) is 4.08. The van der Waals surface area contributed by atoms with Crippen molar-refractivity contribution in [3.63, 3.8) is 0 Å². The second-order valence-corrected chi connectivity index (χ2v) is 5.11. The highest BCUT2D eigenvalue weighted by molar-refractivity contribution is 5.62. The van der Waals surface area contributed by atoms with E-state index in [0.717, 1.165) is 30.5 Å². The molecule has 94 valence electrons. The van der Waals surface area contributed by atoms with E-state index in [1.165, 1.54) is 0 Å². The predicted molar refractivity (Wildman–Crippen MR) is 70.4 cm³/mol. The molecule has 0 aromatic carbocycles. The summed E-state index contributed by atoms with van der Waals surface area (Å²) in [7, 11) is 0. The first-order valence-electron chi connectivity index (χ1n) is 6.34. The van der Waals surface area contributed by atoms with E-state index in [-0.39, 0.29) is 6.10 Å². The van der Waals surface area contributed by atoms with Gasteiger partial charge < -0.3 is 15.4 Å². The Balaban J connectivity index is 2.22. The molecule has 0 radical (unpaired) electrons. The molecule has 3 N–H and O–H groups in total. The van der Waals surface area contributed by atoms with Crippen molar-refractivity contribution in [2.45, 2.75) is 45.3 Å². The Morgan fingerprint density at radius 3 is 2.76 bits per heavy atom. The molecule has 0 unspecified atom stereocenters. The Morgan fingerprint density at radius 2 is 2.29 bits per heavy atom. The average molecular weight is 234 g/mol. The summed E-state index contributed by atoms with van der Waals surface area (Å²) in [6.07, 6.45) is 4.87. The Bertz CT molecular complexity index is 422. The predicted octanol–water partition coefficient (Wildman–Crippen LogP) is 2.45. The van der Waals surface area contributed by atoms with Crippen LogP contribution in [0.4, 0.5) is 0 Å². The van der Waals surface area contributed by atoms with Crippen molar-refractivity contribution < 1.29 is 5.11 Å². The molecule has 0 bridgehead atoms. The molecule has 3 nitrogen and oxygen atoms in total. The van der Waals surface area contributed by atoms with Crippen molar-refractivity contribution in [1.29, 1.82) is 0 Å². The zero-order valence-corrected chi connectivity index (χ0v) is 10.7. The number of nitrogens with zero attached hydrogens (tertiary/aromatic N) is 1. The summed E-state index contributed by atoms with van der Waals surface area (Å²) in [6, 6.07) is 2.42. The molecule has 17 heavy (non-hydrogen) atoms. The molecule has 1 aliphatic carbocycles. The van der Waals surface area contributed by atoms with Gasteiger partial charge in [0.1, 0.15) is 0 Å². The molecule has 1 saturated carbocycles. The summed E-state index contributed by atoms with van der Waals surface area (Å²) in [5, 5.41) is 9.97. The van der Waals surface area contributed by atoms with E-state index in [9.17, 15) is 5.11 Å². The van der Waals surface area contributed by atoms with Crippen LogP contribution in [0.5, 0.6) is 0 Å². The molecule has 0 spiro atoms. The van der Waals surface area contributed by atoms with E-state index in [4.69, 9.17) is 5.73 Å². The summed E-state index contributed by atoms with van der Waals surface area (Å²) in [6.45, 7) is 8.00. The van der Waals surface area contributed by atoms with Gasteiger partial charge in [0.2, 0.25) is 0 Å². The molecule has 0 aliphatic heterocycles. The third kappa shape index (κ3) is 2.12. The lowest BCUT2D eigenvalue weighted by atomic mass is 10.0. The minimum atomic E-state index is -0.156. The van der Waals surface area contributed by atoms with Crippen LogP contribution in [0.15, 0.2) is 18.8 Å². The number of hydrogen-bond donors (Lipinski definition) is 2. The minimum absolute atomic E-state index is 0.156. The Morgan fingerprint density at radius 1 is 1.59 bits per heavy atom. The average Bonchev–Trinajstić information content (AvgIpc) is 2.81. The number of hydrogen-bond acceptors (Lipinski definition) is 2. The summed E-state index contributed by atoms with van der Waals surface area (Å²) >= 11 is 0. The van der Waals surface area contributed by atoms with Crippen LogP contribution in [0.2, 0.25) is 0 Å².